The van der Waals surface area contributed by atoms with E-state index in [1.165, 1.54) is 0 Å². The molecule has 3 heterocycles. The zero-order chi connectivity index (χ0) is 19.6. The standard InChI is InChI=1S/C22H25N3O3/c1-16-20(25-12-6-5-9-19(25)24-16)21(26)23-15-22(10-13-28-14-11-22)17-7-3-4-8-18(17)27-2/h3-9,12H,10-11,13-15H2,1-2H3,(H,23,26). The van der Waals surface area contributed by atoms with Crippen LogP contribution in [0.5, 0.6) is 5.75 Å². The third kappa shape index (κ3) is 3.24. The number of carbonyl (C=O) groups is 1. The van der Waals surface area contributed by atoms with Gasteiger partial charge in [0, 0.05) is 36.9 Å². The van der Waals surface area contributed by atoms with E-state index in [-0.39, 0.29) is 11.3 Å². The lowest BCUT2D eigenvalue weighted by molar-refractivity contribution is 0.0478. The molecule has 6 nitrogen and oxygen atoms in total. The van der Waals surface area contributed by atoms with Crippen molar-refractivity contribution in [2.24, 2.45) is 0 Å². The number of aromatic nitrogens is 2. The second-order valence-electron chi connectivity index (χ2n) is 7.25. The van der Waals surface area contributed by atoms with Gasteiger partial charge in [0.2, 0.25) is 0 Å². The number of para-hydroxylation sites is 1. The maximum absolute atomic E-state index is 13.1. The molecule has 1 fully saturated rings. The molecule has 146 valence electrons. The number of amides is 1. The van der Waals surface area contributed by atoms with E-state index in [9.17, 15) is 4.79 Å². The van der Waals surface area contributed by atoms with Crippen LogP contribution in [0.2, 0.25) is 0 Å². The van der Waals surface area contributed by atoms with Crippen LogP contribution in [0.25, 0.3) is 5.65 Å². The van der Waals surface area contributed by atoms with Crippen LogP contribution in [0.4, 0.5) is 0 Å². The van der Waals surface area contributed by atoms with Crippen LogP contribution in [-0.4, -0.2) is 42.2 Å². The summed E-state index contributed by atoms with van der Waals surface area (Å²) in [4.78, 5) is 17.6. The Balaban J connectivity index is 1.63. The van der Waals surface area contributed by atoms with Gasteiger partial charge in [-0.25, -0.2) is 4.98 Å². The second-order valence-corrected chi connectivity index (χ2v) is 7.25. The van der Waals surface area contributed by atoms with Gasteiger partial charge in [-0.1, -0.05) is 24.3 Å². The molecule has 2 aromatic heterocycles. The average molecular weight is 379 g/mol. The van der Waals surface area contributed by atoms with Gasteiger partial charge in [0.1, 0.15) is 17.1 Å². The van der Waals surface area contributed by atoms with Crippen LogP contribution < -0.4 is 10.1 Å². The molecule has 1 aliphatic rings. The number of aryl methyl sites for hydroxylation is 1. The molecular weight excluding hydrogens is 354 g/mol. The predicted molar refractivity (Wildman–Crippen MR) is 107 cm³/mol. The molecular formula is C22H25N3O3. The van der Waals surface area contributed by atoms with Gasteiger partial charge in [-0.3, -0.25) is 9.20 Å². The van der Waals surface area contributed by atoms with Crippen molar-refractivity contribution in [2.75, 3.05) is 26.9 Å². The van der Waals surface area contributed by atoms with Crippen LogP contribution in [0.3, 0.4) is 0 Å². The van der Waals surface area contributed by atoms with E-state index in [2.05, 4.69) is 16.4 Å². The molecule has 1 amide bonds. The number of rotatable bonds is 5. The number of imidazole rings is 1. The first-order valence-corrected chi connectivity index (χ1v) is 9.58. The first-order valence-electron chi connectivity index (χ1n) is 9.58. The summed E-state index contributed by atoms with van der Waals surface area (Å²) < 4.78 is 13.1. The zero-order valence-electron chi connectivity index (χ0n) is 16.3. The monoisotopic (exact) mass is 379 g/mol. The zero-order valence-corrected chi connectivity index (χ0v) is 16.3. The Hall–Kier alpha value is -2.86. The van der Waals surface area contributed by atoms with Crippen LogP contribution in [0.1, 0.15) is 34.6 Å². The summed E-state index contributed by atoms with van der Waals surface area (Å²) in [6, 6.07) is 13.8. The molecule has 0 saturated carbocycles. The fraction of sp³-hybridized carbons (Fsp3) is 0.364. The van der Waals surface area contributed by atoms with Crippen LogP contribution in [0.15, 0.2) is 48.7 Å². The highest BCUT2D eigenvalue weighted by Crippen LogP contribution is 2.39. The maximum Gasteiger partial charge on any atom is 0.270 e. The molecule has 0 atom stereocenters. The molecule has 0 bridgehead atoms. The van der Waals surface area contributed by atoms with E-state index in [0.29, 0.717) is 25.5 Å². The Bertz CT molecular complexity index is 990. The molecule has 4 rings (SSSR count). The van der Waals surface area contributed by atoms with Gasteiger partial charge in [0.15, 0.2) is 0 Å². The van der Waals surface area contributed by atoms with Crippen molar-refractivity contribution in [1.82, 2.24) is 14.7 Å². The Morgan fingerprint density at radius 1 is 1.21 bits per heavy atom. The number of nitrogens with one attached hydrogen (secondary N) is 1. The van der Waals surface area contributed by atoms with Gasteiger partial charge in [-0.15, -0.1) is 0 Å². The van der Waals surface area contributed by atoms with Gasteiger partial charge in [0.05, 0.1) is 12.8 Å². The summed E-state index contributed by atoms with van der Waals surface area (Å²) in [7, 11) is 1.69. The summed E-state index contributed by atoms with van der Waals surface area (Å²) >= 11 is 0. The largest absolute Gasteiger partial charge is 0.496 e. The lowest BCUT2D eigenvalue weighted by atomic mass is 9.73. The molecule has 1 saturated heterocycles. The number of hydrogen-bond acceptors (Lipinski definition) is 4. The maximum atomic E-state index is 13.1. The molecule has 1 aromatic carbocycles. The molecule has 1 N–H and O–H groups in total. The first-order chi connectivity index (χ1) is 13.6. The van der Waals surface area contributed by atoms with Crippen molar-refractivity contribution in [3.63, 3.8) is 0 Å². The van der Waals surface area contributed by atoms with E-state index in [1.807, 2.05) is 53.9 Å². The van der Waals surface area contributed by atoms with Crippen LogP contribution >= 0.6 is 0 Å². The number of methoxy groups -OCH3 is 1. The Morgan fingerprint density at radius 2 is 1.96 bits per heavy atom. The van der Waals surface area contributed by atoms with Gasteiger partial charge in [0.25, 0.3) is 5.91 Å². The highest BCUT2D eigenvalue weighted by molar-refractivity contribution is 5.94. The number of pyridine rings is 1. The van der Waals surface area contributed by atoms with Crippen molar-refractivity contribution in [1.29, 1.82) is 0 Å². The number of fused-ring (bicyclic) bond motifs is 1. The minimum absolute atomic E-state index is 0.114. The lowest BCUT2D eigenvalue weighted by Crippen LogP contribution is -2.45. The summed E-state index contributed by atoms with van der Waals surface area (Å²) in [5.41, 5.74) is 2.99. The first kappa shape index (κ1) is 18.5. The number of ether oxygens (including phenoxy) is 2. The smallest absolute Gasteiger partial charge is 0.270 e. The molecule has 1 aliphatic heterocycles. The Kier molecular flexibility index (Phi) is 5.05. The summed E-state index contributed by atoms with van der Waals surface area (Å²) in [5.74, 6) is 0.738. The molecule has 0 unspecified atom stereocenters. The number of benzene rings is 1. The van der Waals surface area contributed by atoms with Crippen molar-refractivity contribution >= 4 is 11.6 Å². The van der Waals surface area contributed by atoms with Crippen molar-refractivity contribution in [2.45, 2.75) is 25.2 Å². The van der Waals surface area contributed by atoms with Crippen molar-refractivity contribution < 1.29 is 14.3 Å². The molecule has 0 radical (unpaired) electrons. The third-order valence-corrected chi connectivity index (χ3v) is 5.63. The normalized spacial score (nSPS) is 16.1. The van der Waals surface area contributed by atoms with Crippen molar-refractivity contribution in [3.05, 3.63) is 65.6 Å². The molecule has 28 heavy (non-hydrogen) atoms. The third-order valence-electron chi connectivity index (χ3n) is 5.63. The minimum Gasteiger partial charge on any atom is -0.496 e. The highest BCUT2D eigenvalue weighted by atomic mass is 16.5. The van der Waals surface area contributed by atoms with E-state index in [0.717, 1.165) is 35.5 Å². The SMILES string of the molecule is COc1ccccc1C1(CNC(=O)c2c(C)nc3ccccn23)CCOCC1. The fourth-order valence-corrected chi connectivity index (χ4v) is 4.11. The highest BCUT2D eigenvalue weighted by Gasteiger charge is 2.37. The van der Waals surface area contributed by atoms with Crippen LogP contribution in [0, 0.1) is 6.92 Å². The van der Waals surface area contributed by atoms with Gasteiger partial charge >= 0.3 is 0 Å². The molecule has 0 spiro atoms. The molecule has 3 aromatic rings. The van der Waals surface area contributed by atoms with E-state index in [4.69, 9.17) is 9.47 Å². The van der Waals surface area contributed by atoms with Crippen LogP contribution in [-0.2, 0) is 10.2 Å². The van der Waals surface area contributed by atoms with Gasteiger partial charge in [-0.05, 0) is 38.0 Å². The number of nitrogens with zero attached hydrogens (tertiary/aromatic N) is 2. The van der Waals surface area contributed by atoms with E-state index < -0.39 is 0 Å². The summed E-state index contributed by atoms with van der Waals surface area (Å²) in [5, 5.41) is 3.17. The average Bonchev–Trinajstić information content (AvgIpc) is 3.08. The summed E-state index contributed by atoms with van der Waals surface area (Å²) in [6.45, 7) is 3.73. The molecule has 6 heteroatoms. The predicted octanol–water partition coefficient (Wildman–Crippen LogP) is 3.13. The summed E-state index contributed by atoms with van der Waals surface area (Å²) in [6.07, 6.45) is 3.54. The quantitative estimate of drug-likeness (QED) is 0.740. The van der Waals surface area contributed by atoms with E-state index >= 15 is 0 Å². The van der Waals surface area contributed by atoms with Crippen molar-refractivity contribution in [3.8, 4) is 5.75 Å². The second kappa shape index (κ2) is 7.64. The lowest BCUT2D eigenvalue weighted by Gasteiger charge is -2.38. The Labute approximate surface area is 164 Å². The number of hydrogen-bond donors (Lipinski definition) is 1. The Morgan fingerprint density at radius 3 is 2.75 bits per heavy atom. The van der Waals surface area contributed by atoms with E-state index in [1.54, 1.807) is 7.11 Å². The fourth-order valence-electron chi connectivity index (χ4n) is 4.11. The number of carbonyl (C=O) groups excluding carboxylic acids is 1. The van der Waals surface area contributed by atoms with Gasteiger partial charge < -0.3 is 14.8 Å². The van der Waals surface area contributed by atoms with Gasteiger partial charge in [-0.2, -0.15) is 0 Å². The molecule has 0 aliphatic carbocycles. The topological polar surface area (TPSA) is 64.9 Å². The minimum atomic E-state index is -0.213.